The van der Waals surface area contributed by atoms with Gasteiger partial charge in [0.2, 0.25) is 5.91 Å². The quantitative estimate of drug-likeness (QED) is 0.643. The lowest BCUT2D eigenvalue weighted by Crippen LogP contribution is -2.46. The van der Waals surface area contributed by atoms with Crippen molar-refractivity contribution in [3.8, 4) is 0 Å². The molecule has 0 saturated carbocycles. The number of aliphatic carboxylic acids is 1. The summed E-state index contributed by atoms with van der Waals surface area (Å²) >= 11 is 0. The molecule has 0 unspecified atom stereocenters. The molecular formula is C11H21N3O5S. The van der Waals surface area contributed by atoms with Gasteiger partial charge in [-0.3, -0.25) is 9.59 Å². The van der Waals surface area contributed by atoms with Gasteiger partial charge in [0.1, 0.15) is 0 Å². The maximum absolute atomic E-state index is 11.8. The van der Waals surface area contributed by atoms with Gasteiger partial charge in [-0.15, -0.1) is 0 Å². The van der Waals surface area contributed by atoms with Gasteiger partial charge in [-0.1, -0.05) is 0 Å². The van der Waals surface area contributed by atoms with Crippen LogP contribution in [0.2, 0.25) is 0 Å². The monoisotopic (exact) mass is 307 g/mol. The minimum absolute atomic E-state index is 0.136. The zero-order valence-electron chi connectivity index (χ0n) is 11.5. The maximum Gasteiger partial charge on any atom is 0.304 e. The van der Waals surface area contributed by atoms with E-state index in [9.17, 15) is 18.0 Å². The summed E-state index contributed by atoms with van der Waals surface area (Å²) in [6, 6.07) is 0. The van der Waals surface area contributed by atoms with Crippen molar-refractivity contribution in [1.82, 2.24) is 13.9 Å². The lowest BCUT2D eigenvalue weighted by atomic mass is 10.1. The van der Waals surface area contributed by atoms with E-state index in [1.54, 1.807) is 4.90 Å². The average molecular weight is 307 g/mol. The molecule has 1 aliphatic rings. The number of carboxylic acids is 1. The molecule has 8 nitrogen and oxygen atoms in total. The van der Waals surface area contributed by atoms with Crippen molar-refractivity contribution in [3.05, 3.63) is 0 Å². The molecule has 0 aromatic heterocycles. The van der Waals surface area contributed by atoms with Gasteiger partial charge in [-0.2, -0.15) is 17.4 Å². The molecule has 1 saturated heterocycles. The molecule has 1 amide bonds. The van der Waals surface area contributed by atoms with E-state index < -0.39 is 16.2 Å². The molecule has 1 rings (SSSR count). The van der Waals surface area contributed by atoms with Gasteiger partial charge in [0.05, 0.1) is 13.0 Å². The Labute approximate surface area is 118 Å². The molecule has 2 N–H and O–H groups in total. The van der Waals surface area contributed by atoms with Crippen molar-refractivity contribution >= 4 is 22.1 Å². The molecule has 0 aliphatic carbocycles. The van der Waals surface area contributed by atoms with E-state index in [2.05, 4.69) is 4.72 Å². The molecule has 1 fully saturated rings. The van der Waals surface area contributed by atoms with Crippen molar-refractivity contribution in [2.75, 3.05) is 33.2 Å². The van der Waals surface area contributed by atoms with Gasteiger partial charge in [-0.05, 0) is 19.3 Å². The summed E-state index contributed by atoms with van der Waals surface area (Å²) in [6.07, 6.45) is 2.69. The van der Waals surface area contributed by atoms with Crippen LogP contribution in [-0.2, 0) is 19.8 Å². The second-order valence-corrected chi connectivity index (χ2v) is 6.60. The topological polar surface area (TPSA) is 107 Å². The maximum atomic E-state index is 11.8. The highest BCUT2D eigenvalue weighted by molar-refractivity contribution is 7.87. The van der Waals surface area contributed by atoms with Crippen molar-refractivity contribution in [2.24, 2.45) is 0 Å². The van der Waals surface area contributed by atoms with E-state index in [1.807, 2.05) is 0 Å². The third-order valence-corrected chi connectivity index (χ3v) is 4.68. The first-order chi connectivity index (χ1) is 9.33. The number of piperidine rings is 1. The summed E-state index contributed by atoms with van der Waals surface area (Å²) in [5.41, 5.74) is 0. The number of carbonyl (C=O) groups excluding carboxylic acids is 1. The fourth-order valence-corrected chi connectivity index (χ4v) is 2.75. The first kappa shape index (κ1) is 16.9. The van der Waals surface area contributed by atoms with E-state index in [1.165, 1.54) is 7.05 Å². The molecule has 9 heteroatoms. The molecule has 116 valence electrons. The smallest absolute Gasteiger partial charge is 0.304 e. The van der Waals surface area contributed by atoms with Gasteiger partial charge in [-0.25, -0.2) is 0 Å². The minimum atomic E-state index is -3.82. The van der Waals surface area contributed by atoms with Gasteiger partial charge in [0.15, 0.2) is 0 Å². The lowest BCUT2D eigenvalue weighted by molar-refractivity contribution is -0.137. The molecule has 0 radical (unpaired) electrons. The third kappa shape index (κ3) is 5.43. The largest absolute Gasteiger partial charge is 0.481 e. The van der Waals surface area contributed by atoms with Crippen LogP contribution in [0.1, 0.15) is 25.7 Å². The summed E-state index contributed by atoms with van der Waals surface area (Å²) in [4.78, 5) is 23.9. The van der Waals surface area contributed by atoms with Crippen LogP contribution in [-0.4, -0.2) is 67.8 Å². The number of carbonyl (C=O) groups is 2. The normalized spacial score (nSPS) is 16.4. The standard InChI is InChI=1S/C11H21N3O5S/c1-13(8-5-11(16)17)20(18,19)12-9-10(15)14-6-3-2-4-7-14/h12H,2-9H2,1H3,(H,16,17). The first-order valence-electron chi connectivity index (χ1n) is 6.53. The number of hydrogen-bond donors (Lipinski definition) is 2. The second-order valence-electron chi connectivity index (χ2n) is 4.73. The fourth-order valence-electron chi connectivity index (χ4n) is 1.89. The second kappa shape index (κ2) is 7.55. The van der Waals surface area contributed by atoms with E-state index in [4.69, 9.17) is 5.11 Å². The minimum Gasteiger partial charge on any atom is -0.481 e. The molecule has 0 aromatic rings. The Morgan fingerprint density at radius 2 is 1.85 bits per heavy atom. The van der Waals surface area contributed by atoms with Crippen LogP contribution in [0.4, 0.5) is 0 Å². The molecule has 1 aliphatic heterocycles. The van der Waals surface area contributed by atoms with Crippen LogP contribution in [0.15, 0.2) is 0 Å². The van der Waals surface area contributed by atoms with Crippen LogP contribution < -0.4 is 4.72 Å². The Kier molecular flexibility index (Phi) is 6.37. The van der Waals surface area contributed by atoms with Gasteiger partial charge in [0, 0.05) is 26.7 Å². The summed E-state index contributed by atoms with van der Waals surface area (Å²) < 4.78 is 26.6. The third-order valence-electron chi connectivity index (χ3n) is 3.17. The predicted octanol–water partition coefficient (Wildman–Crippen LogP) is -0.760. The molecular weight excluding hydrogens is 286 g/mol. The summed E-state index contributed by atoms with van der Waals surface area (Å²) in [6.45, 7) is 0.896. The SMILES string of the molecule is CN(CCC(=O)O)S(=O)(=O)NCC(=O)N1CCCCC1. The molecule has 0 spiro atoms. The fraction of sp³-hybridized carbons (Fsp3) is 0.818. The zero-order chi connectivity index (χ0) is 15.2. The number of nitrogens with zero attached hydrogens (tertiary/aromatic N) is 2. The number of carboxylic acid groups (broad SMARTS) is 1. The number of nitrogens with one attached hydrogen (secondary N) is 1. The number of rotatable bonds is 7. The van der Waals surface area contributed by atoms with Crippen LogP contribution in [0.5, 0.6) is 0 Å². The average Bonchev–Trinajstić information content (AvgIpc) is 2.43. The summed E-state index contributed by atoms with van der Waals surface area (Å²) in [7, 11) is -2.54. The molecule has 20 heavy (non-hydrogen) atoms. The predicted molar refractivity (Wildman–Crippen MR) is 72.2 cm³/mol. The van der Waals surface area contributed by atoms with E-state index in [-0.39, 0.29) is 25.4 Å². The molecule has 0 atom stereocenters. The van der Waals surface area contributed by atoms with Crippen molar-refractivity contribution in [1.29, 1.82) is 0 Å². The Balaban J connectivity index is 2.41. The van der Waals surface area contributed by atoms with Crippen molar-refractivity contribution in [2.45, 2.75) is 25.7 Å². The van der Waals surface area contributed by atoms with Gasteiger partial charge in [0.25, 0.3) is 10.2 Å². The highest BCUT2D eigenvalue weighted by Gasteiger charge is 2.22. The summed E-state index contributed by atoms with van der Waals surface area (Å²) in [5, 5.41) is 8.51. The van der Waals surface area contributed by atoms with Gasteiger partial charge >= 0.3 is 5.97 Å². The van der Waals surface area contributed by atoms with E-state index in [0.29, 0.717) is 13.1 Å². The van der Waals surface area contributed by atoms with Crippen LogP contribution in [0, 0.1) is 0 Å². The number of amides is 1. The zero-order valence-corrected chi connectivity index (χ0v) is 12.4. The molecule has 0 aromatic carbocycles. The molecule has 0 bridgehead atoms. The highest BCUT2D eigenvalue weighted by atomic mass is 32.2. The van der Waals surface area contributed by atoms with Crippen LogP contribution >= 0.6 is 0 Å². The lowest BCUT2D eigenvalue weighted by Gasteiger charge is -2.27. The highest BCUT2D eigenvalue weighted by Crippen LogP contribution is 2.08. The first-order valence-corrected chi connectivity index (χ1v) is 7.97. The van der Waals surface area contributed by atoms with E-state index >= 15 is 0 Å². The molecule has 1 heterocycles. The Morgan fingerprint density at radius 3 is 2.40 bits per heavy atom. The van der Waals surface area contributed by atoms with Crippen molar-refractivity contribution < 1.29 is 23.1 Å². The van der Waals surface area contributed by atoms with Gasteiger partial charge < -0.3 is 10.0 Å². The Hall–Kier alpha value is -1.19. The van der Waals surface area contributed by atoms with Crippen LogP contribution in [0.3, 0.4) is 0 Å². The Bertz CT molecular complexity index is 445. The van der Waals surface area contributed by atoms with Crippen LogP contribution in [0.25, 0.3) is 0 Å². The van der Waals surface area contributed by atoms with Crippen molar-refractivity contribution in [3.63, 3.8) is 0 Å². The Morgan fingerprint density at radius 1 is 1.25 bits per heavy atom. The summed E-state index contributed by atoms with van der Waals surface area (Å²) in [5.74, 6) is -1.32. The number of likely N-dealkylation sites (tertiary alicyclic amines) is 1. The number of hydrogen-bond acceptors (Lipinski definition) is 4. The van der Waals surface area contributed by atoms with E-state index in [0.717, 1.165) is 23.6 Å².